The van der Waals surface area contributed by atoms with Gasteiger partial charge in [0.05, 0.1) is 21.1 Å². The molecule has 0 saturated carbocycles. The van der Waals surface area contributed by atoms with E-state index in [-0.39, 0.29) is 18.1 Å². The van der Waals surface area contributed by atoms with E-state index in [9.17, 15) is 9.18 Å². The molecule has 0 atom stereocenters. The fourth-order valence-corrected chi connectivity index (χ4v) is 3.88. The maximum atomic E-state index is 14.2. The topological polar surface area (TPSA) is 38.3 Å². The van der Waals surface area contributed by atoms with E-state index in [2.05, 4.69) is 25.0 Å². The molecule has 0 fully saturated rings. The Bertz CT molecular complexity index is 708. The zero-order valence-electron chi connectivity index (χ0n) is 14.7. The summed E-state index contributed by atoms with van der Waals surface area (Å²) in [5, 5.41) is 3.53. The van der Waals surface area contributed by atoms with Gasteiger partial charge < -0.3 is 10.1 Å². The van der Waals surface area contributed by atoms with Gasteiger partial charge in [-0.25, -0.2) is 4.39 Å². The van der Waals surface area contributed by atoms with Gasteiger partial charge in [-0.3, -0.25) is 4.79 Å². The molecule has 1 amide bonds. The summed E-state index contributed by atoms with van der Waals surface area (Å²) in [4.78, 5) is 12.1. The molecule has 0 aliphatic heterocycles. The number of methoxy groups -OCH3 is 1. The number of hydrogen-bond donors (Lipinski definition) is 1. The van der Waals surface area contributed by atoms with E-state index in [0.717, 1.165) is 16.3 Å². The minimum Gasteiger partial charge on any atom is -0.380 e. The summed E-state index contributed by atoms with van der Waals surface area (Å²) in [5.74, 6) is -0.398. The molecule has 3 nitrogen and oxygen atoms in total. The Morgan fingerprint density at radius 1 is 1.08 bits per heavy atom. The first-order valence-corrected chi connectivity index (χ1v) is 11.5. The number of amides is 1. The van der Waals surface area contributed by atoms with Crippen molar-refractivity contribution < 1.29 is 13.9 Å². The van der Waals surface area contributed by atoms with Crippen molar-refractivity contribution in [1.29, 1.82) is 0 Å². The lowest BCUT2D eigenvalue weighted by atomic mass is 10.1. The van der Waals surface area contributed by atoms with Crippen LogP contribution in [0.25, 0.3) is 0 Å². The summed E-state index contributed by atoms with van der Waals surface area (Å²) in [7, 11) is -0.0652. The largest absolute Gasteiger partial charge is 0.380 e. The monoisotopic (exact) mass is 345 g/mol. The van der Waals surface area contributed by atoms with E-state index >= 15 is 0 Å². The van der Waals surface area contributed by atoms with Crippen LogP contribution in [-0.4, -0.2) is 21.1 Å². The van der Waals surface area contributed by atoms with Gasteiger partial charge in [0.25, 0.3) is 0 Å². The molecule has 0 aromatic heterocycles. The lowest BCUT2D eigenvalue weighted by molar-refractivity contribution is -0.115. The highest BCUT2D eigenvalue weighted by Gasteiger charge is 2.20. The van der Waals surface area contributed by atoms with Crippen molar-refractivity contribution in [2.75, 3.05) is 12.4 Å². The first-order valence-electron chi connectivity index (χ1n) is 7.96. The molecule has 0 spiro atoms. The maximum absolute atomic E-state index is 14.2. The Morgan fingerprint density at radius 3 is 2.25 bits per heavy atom. The van der Waals surface area contributed by atoms with Gasteiger partial charge in [-0.2, -0.15) is 0 Å². The third-order valence-electron chi connectivity index (χ3n) is 3.76. The number of nitrogens with one attached hydrogen (secondary N) is 1. The highest BCUT2D eigenvalue weighted by atomic mass is 28.3. The summed E-state index contributed by atoms with van der Waals surface area (Å²) in [6, 6.07) is 12.7. The SMILES string of the molecule is COCc1ccc(CC(=O)Nc2ccc([Si](C)(C)C)c(F)c2)cc1. The molecule has 0 aliphatic carbocycles. The van der Waals surface area contributed by atoms with Gasteiger partial charge in [-0.15, -0.1) is 0 Å². The van der Waals surface area contributed by atoms with Gasteiger partial charge in [-0.1, -0.05) is 50.0 Å². The van der Waals surface area contributed by atoms with E-state index in [1.807, 2.05) is 24.3 Å². The van der Waals surface area contributed by atoms with Gasteiger partial charge >= 0.3 is 0 Å². The lowest BCUT2D eigenvalue weighted by Crippen LogP contribution is -2.39. The molecule has 24 heavy (non-hydrogen) atoms. The Morgan fingerprint density at radius 2 is 1.71 bits per heavy atom. The van der Waals surface area contributed by atoms with Crippen LogP contribution in [0.3, 0.4) is 0 Å². The minimum absolute atomic E-state index is 0.158. The van der Waals surface area contributed by atoms with E-state index in [4.69, 9.17) is 4.74 Å². The number of carbonyl (C=O) groups excluding carboxylic acids is 1. The molecular formula is C19H24FNO2Si. The molecule has 2 aromatic carbocycles. The normalized spacial score (nSPS) is 11.4. The smallest absolute Gasteiger partial charge is 0.228 e. The Labute approximate surface area is 143 Å². The lowest BCUT2D eigenvalue weighted by Gasteiger charge is -2.18. The van der Waals surface area contributed by atoms with Crippen LogP contribution in [0.4, 0.5) is 10.1 Å². The molecule has 2 aromatic rings. The molecule has 0 saturated heterocycles. The van der Waals surface area contributed by atoms with E-state index in [0.29, 0.717) is 12.3 Å². The van der Waals surface area contributed by atoms with Crippen LogP contribution in [0.15, 0.2) is 42.5 Å². The van der Waals surface area contributed by atoms with Crippen molar-refractivity contribution in [2.24, 2.45) is 0 Å². The summed E-state index contributed by atoms with van der Waals surface area (Å²) < 4.78 is 19.3. The van der Waals surface area contributed by atoms with Crippen molar-refractivity contribution in [1.82, 2.24) is 0 Å². The quantitative estimate of drug-likeness (QED) is 0.811. The second-order valence-electron chi connectivity index (χ2n) is 6.92. The van der Waals surface area contributed by atoms with Crippen LogP contribution in [0, 0.1) is 5.82 Å². The molecule has 0 aliphatic rings. The third-order valence-corrected chi connectivity index (χ3v) is 5.78. The predicted octanol–water partition coefficient (Wildman–Crippen LogP) is 3.70. The van der Waals surface area contributed by atoms with Crippen LogP contribution in [0.2, 0.25) is 19.6 Å². The predicted molar refractivity (Wildman–Crippen MR) is 98.9 cm³/mol. The number of hydrogen-bond acceptors (Lipinski definition) is 2. The van der Waals surface area contributed by atoms with Crippen LogP contribution in [-0.2, 0) is 22.6 Å². The van der Waals surface area contributed by atoms with Gasteiger partial charge in [0.15, 0.2) is 0 Å². The average molecular weight is 345 g/mol. The van der Waals surface area contributed by atoms with Gasteiger partial charge in [0.1, 0.15) is 5.82 Å². The molecule has 0 bridgehead atoms. The van der Waals surface area contributed by atoms with Crippen LogP contribution in [0.1, 0.15) is 11.1 Å². The second kappa shape index (κ2) is 7.72. The molecular weight excluding hydrogens is 321 g/mol. The number of benzene rings is 2. The highest BCUT2D eigenvalue weighted by Crippen LogP contribution is 2.13. The minimum atomic E-state index is -1.71. The first-order chi connectivity index (χ1) is 11.3. The van der Waals surface area contributed by atoms with E-state index < -0.39 is 8.07 Å². The van der Waals surface area contributed by atoms with Gasteiger partial charge in [-0.05, 0) is 28.4 Å². The molecule has 0 heterocycles. The first kappa shape index (κ1) is 18.4. The fourth-order valence-electron chi connectivity index (χ4n) is 2.51. The number of rotatable bonds is 6. The van der Waals surface area contributed by atoms with E-state index in [1.165, 1.54) is 6.07 Å². The van der Waals surface area contributed by atoms with Crippen molar-refractivity contribution in [3.8, 4) is 0 Å². The van der Waals surface area contributed by atoms with Crippen molar-refractivity contribution >= 4 is 24.9 Å². The maximum Gasteiger partial charge on any atom is 0.228 e. The summed E-state index contributed by atoms with van der Waals surface area (Å²) >= 11 is 0. The van der Waals surface area contributed by atoms with Gasteiger partial charge in [0, 0.05) is 12.8 Å². The van der Waals surface area contributed by atoms with Crippen LogP contribution in [0.5, 0.6) is 0 Å². The van der Waals surface area contributed by atoms with Gasteiger partial charge in [0.2, 0.25) is 5.91 Å². The van der Waals surface area contributed by atoms with Crippen LogP contribution < -0.4 is 10.5 Å². The van der Waals surface area contributed by atoms with Crippen molar-refractivity contribution in [2.45, 2.75) is 32.7 Å². The molecule has 0 unspecified atom stereocenters. The zero-order chi connectivity index (χ0) is 17.7. The molecule has 0 radical (unpaired) electrons. The Kier molecular flexibility index (Phi) is 5.91. The van der Waals surface area contributed by atoms with E-state index in [1.54, 1.807) is 19.2 Å². The Balaban J connectivity index is 2.00. The van der Waals surface area contributed by atoms with Crippen LogP contribution >= 0.6 is 0 Å². The highest BCUT2D eigenvalue weighted by molar-refractivity contribution is 6.88. The number of anilines is 1. The number of carbonyl (C=O) groups is 1. The summed E-state index contributed by atoms with van der Waals surface area (Å²) in [5.41, 5.74) is 2.47. The molecule has 1 N–H and O–H groups in total. The van der Waals surface area contributed by atoms with Crippen molar-refractivity contribution in [3.05, 3.63) is 59.4 Å². The number of ether oxygens (including phenoxy) is 1. The molecule has 2 rings (SSSR count). The fraction of sp³-hybridized carbons (Fsp3) is 0.316. The second-order valence-corrected chi connectivity index (χ2v) is 12.0. The summed E-state index contributed by atoms with van der Waals surface area (Å²) in [6.45, 7) is 6.83. The standard InChI is InChI=1S/C19H24FNO2Si/c1-23-13-15-7-5-14(6-8-15)11-19(22)21-16-9-10-18(17(20)12-16)24(2,3)4/h5-10,12H,11,13H2,1-4H3,(H,21,22). The molecule has 5 heteroatoms. The Hall–Kier alpha value is -1.98. The zero-order valence-corrected chi connectivity index (χ0v) is 15.7. The summed E-state index contributed by atoms with van der Waals surface area (Å²) in [6.07, 6.45) is 0.255. The average Bonchev–Trinajstić information content (AvgIpc) is 2.48. The number of halogens is 1. The van der Waals surface area contributed by atoms with Crippen molar-refractivity contribution in [3.63, 3.8) is 0 Å². The third kappa shape index (κ3) is 5.01. The molecule has 128 valence electrons.